The van der Waals surface area contributed by atoms with E-state index >= 15 is 0 Å². The van der Waals surface area contributed by atoms with Crippen LogP contribution in [-0.2, 0) is 9.59 Å². The largest absolute Gasteiger partial charge is 0.344 e. The van der Waals surface area contributed by atoms with E-state index in [-0.39, 0.29) is 11.8 Å². The highest BCUT2D eigenvalue weighted by Crippen LogP contribution is 2.21. The van der Waals surface area contributed by atoms with Gasteiger partial charge in [-0.2, -0.15) is 11.8 Å². The van der Waals surface area contributed by atoms with Crippen LogP contribution in [0.3, 0.4) is 0 Å². The molecule has 1 atom stereocenters. The average Bonchev–Trinajstić information content (AvgIpc) is 2.65. The first kappa shape index (κ1) is 19.9. The molecule has 0 aliphatic rings. The van der Waals surface area contributed by atoms with E-state index in [1.54, 1.807) is 24.9 Å². The van der Waals surface area contributed by atoms with Crippen LogP contribution < -0.4 is 10.6 Å². The zero-order valence-electron chi connectivity index (χ0n) is 15.3. The number of hydrogen-bond donors (Lipinski definition) is 2. The number of benzene rings is 1. The molecule has 0 spiro atoms. The van der Waals surface area contributed by atoms with Gasteiger partial charge in [0.2, 0.25) is 11.8 Å². The molecule has 2 amide bonds. The number of carbonyl (C=O) groups is 2. The maximum absolute atomic E-state index is 12.6. The number of anilines is 1. The van der Waals surface area contributed by atoms with Gasteiger partial charge in [0.15, 0.2) is 0 Å². The Hall–Kier alpha value is -2.41. The number of thioether (sulfide) groups is 1. The molecule has 138 valence electrons. The summed E-state index contributed by atoms with van der Waals surface area (Å²) in [7, 11) is 0. The SMILES string of the molecule is CCC(=O)N[C@@H](CCSC)C(=O)Nc1cccc(-c2ccnc(C)n2)c1. The second kappa shape index (κ2) is 9.91. The summed E-state index contributed by atoms with van der Waals surface area (Å²) in [6, 6.07) is 8.78. The van der Waals surface area contributed by atoms with E-state index in [4.69, 9.17) is 0 Å². The molecule has 0 aliphatic heterocycles. The highest BCUT2D eigenvalue weighted by atomic mass is 32.2. The van der Waals surface area contributed by atoms with E-state index in [1.165, 1.54) is 0 Å². The molecule has 7 heteroatoms. The molecule has 2 aromatic rings. The van der Waals surface area contributed by atoms with Crippen LogP contribution in [-0.4, -0.2) is 39.8 Å². The monoisotopic (exact) mass is 372 g/mol. The molecule has 1 heterocycles. The van der Waals surface area contributed by atoms with Crippen molar-refractivity contribution in [3.8, 4) is 11.3 Å². The van der Waals surface area contributed by atoms with Gasteiger partial charge >= 0.3 is 0 Å². The van der Waals surface area contributed by atoms with Gasteiger partial charge < -0.3 is 10.6 Å². The summed E-state index contributed by atoms with van der Waals surface area (Å²) in [6.45, 7) is 3.61. The van der Waals surface area contributed by atoms with Gasteiger partial charge in [0, 0.05) is 23.9 Å². The van der Waals surface area contributed by atoms with Gasteiger partial charge in [-0.1, -0.05) is 19.1 Å². The van der Waals surface area contributed by atoms with Gasteiger partial charge in [-0.15, -0.1) is 0 Å². The molecule has 26 heavy (non-hydrogen) atoms. The minimum Gasteiger partial charge on any atom is -0.344 e. The fourth-order valence-corrected chi connectivity index (χ4v) is 2.87. The third-order valence-corrected chi connectivity index (χ3v) is 4.43. The highest BCUT2D eigenvalue weighted by Gasteiger charge is 2.20. The van der Waals surface area contributed by atoms with Crippen LogP contribution >= 0.6 is 11.8 Å². The third-order valence-electron chi connectivity index (χ3n) is 3.79. The number of aryl methyl sites for hydroxylation is 1. The number of hydrogen-bond acceptors (Lipinski definition) is 5. The van der Waals surface area contributed by atoms with Gasteiger partial charge in [-0.3, -0.25) is 9.59 Å². The number of nitrogens with one attached hydrogen (secondary N) is 2. The van der Waals surface area contributed by atoms with Crippen LogP contribution in [0.4, 0.5) is 5.69 Å². The molecule has 0 fully saturated rings. The summed E-state index contributed by atoms with van der Waals surface area (Å²) in [6.07, 6.45) is 4.63. The summed E-state index contributed by atoms with van der Waals surface area (Å²) >= 11 is 1.64. The summed E-state index contributed by atoms with van der Waals surface area (Å²) in [5, 5.41) is 5.69. The van der Waals surface area contributed by atoms with Crippen molar-refractivity contribution in [2.75, 3.05) is 17.3 Å². The summed E-state index contributed by atoms with van der Waals surface area (Å²) in [4.78, 5) is 32.8. The lowest BCUT2D eigenvalue weighted by atomic mass is 10.1. The topological polar surface area (TPSA) is 84.0 Å². The first-order valence-corrected chi connectivity index (χ1v) is 9.92. The minimum absolute atomic E-state index is 0.128. The van der Waals surface area contributed by atoms with E-state index in [1.807, 2.05) is 43.5 Å². The smallest absolute Gasteiger partial charge is 0.246 e. The van der Waals surface area contributed by atoms with Gasteiger partial charge in [0.1, 0.15) is 11.9 Å². The van der Waals surface area contributed by atoms with Crippen molar-refractivity contribution >= 4 is 29.3 Å². The van der Waals surface area contributed by atoms with Crippen LogP contribution in [0.25, 0.3) is 11.3 Å². The average molecular weight is 372 g/mol. The number of carbonyl (C=O) groups excluding carboxylic acids is 2. The summed E-state index contributed by atoms with van der Waals surface area (Å²) < 4.78 is 0. The van der Waals surface area contributed by atoms with Crippen LogP contribution in [0.5, 0.6) is 0 Å². The Bertz CT molecular complexity index is 767. The Balaban J connectivity index is 2.13. The van der Waals surface area contributed by atoms with Crippen LogP contribution in [0, 0.1) is 6.92 Å². The Morgan fingerprint density at radius 3 is 2.77 bits per heavy atom. The first-order chi connectivity index (χ1) is 12.5. The predicted molar refractivity (Wildman–Crippen MR) is 106 cm³/mol. The van der Waals surface area contributed by atoms with Crippen molar-refractivity contribution < 1.29 is 9.59 Å². The summed E-state index contributed by atoms with van der Waals surface area (Å²) in [5.74, 6) is 1.15. The zero-order chi connectivity index (χ0) is 18.9. The van der Waals surface area contributed by atoms with E-state index in [0.717, 1.165) is 17.0 Å². The van der Waals surface area contributed by atoms with Crippen LogP contribution in [0.15, 0.2) is 36.5 Å². The molecule has 0 bridgehead atoms. The Kier molecular flexibility index (Phi) is 7.59. The molecule has 0 saturated heterocycles. The Morgan fingerprint density at radius 2 is 2.08 bits per heavy atom. The number of aromatic nitrogens is 2. The van der Waals surface area contributed by atoms with Crippen LogP contribution in [0.1, 0.15) is 25.6 Å². The molecule has 0 unspecified atom stereocenters. The van der Waals surface area contributed by atoms with E-state index in [0.29, 0.717) is 24.4 Å². The number of nitrogens with zero attached hydrogens (tertiary/aromatic N) is 2. The highest BCUT2D eigenvalue weighted by molar-refractivity contribution is 7.98. The quantitative estimate of drug-likeness (QED) is 0.744. The van der Waals surface area contributed by atoms with Crippen molar-refractivity contribution in [2.45, 2.75) is 32.7 Å². The van der Waals surface area contributed by atoms with Gasteiger partial charge in [0.05, 0.1) is 5.69 Å². The van der Waals surface area contributed by atoms with Gasteiger partial charge in [0.25, 0.3) is 0 Å². The summed E-state index contributed by atoms with van der Waals surface area (Å²) in [5.41, 5.74) is 2.36. The molecule has 0 saturated carbocycles. The lowest BCUT2D eigenvalue weighted by Crippen LogP contribution is -2.44. The Labute approximate surface area is 158 Å². The molecule has 1 aromatic heterocycles. The van der Waals surface area contributed by atoms with Crippen molar-refractivity contribution in [2.24, 2.45) is 0 Å². The fraction of sp³-hybridized carbons (Fsp3) is 0.368. The molecule has 1 aromatic carbocycles. The van der Waals surface area contributed by atoms with E-state index < -0.39 is 6.04 Å². The van der Waals surface area contributed by atoms with Gasteiger partial charge in [-0.25, -0.2) is 9.97 Å². The normalized spacial score (nSPS) is 11.7. The lowest BCUT2D eigenvalue weighted by molar-refractivity contribution is -0.126. The zero-order valence-corrected chi connectivity index (χ0v) is 16.1. The second-order valence-electron chi connectivity index (χ2n) is 5.81. The number of amides is 2. The standard InChI is InChI=1S/C19H24N4O2S/c1-4-18(24)23-17(9-11-26-3)19(25)22-15-7-5-6-14(12-15)16-8-10-20-13(2)21-16/h5-8,10,12,17H,4,9,11H2,1-3H3,(H,22,25)(H,23,24)/t17-/m0/s1. The maximum atomic E-state index is 12.6. The molecule has 6 nitrogen and oxygen atoms in total. The maximum Gasteiger partial charge on any atom is 0.246 e. The van der Waals surface area contributed by atoms with Crippen molar-refractivity contribution in [3.05, 3.63) is 42.4 Å². The van der Waals surface area contributed by atoms with E-state index in [2.05, 4.69) is 20.6 Å². The predicted octanol–water partition coefficient (Wildman–Crippen LogP) is 3.04. The Morgan fingerprint density at radius 1 is 1.27 bits per heavy atom. The van der Waals surface area contributed by atoms with Crippen molar-refractivity contribution in [3.63, 3.8) is 0 Å². The molecule has 2 rings (SSSR count). The van der Waals surface area contributed by atoms with Crippen molar-refractivity contribution in [1.82, 2.24) is 15.3 Å². The first-order valence-electron chi connectivity index (χ1n) is 8.52. The molecular weight excluding hydrogens is 348 g/mol. The van der Waals surface area contributed by atoms with E-state index in [9.17, 15) is 9.59 Å². The van der Waals surface area contributed by atoms with Gasteiger partial charge in [-0.05, 0) is 43.6 Å². The van der Waals surface area contributed by atoms with Crippen LogP contribution in [0.2, 0.25) is 0 Å². The third kappa shape index (κ3) is 5.84. The number of rotatable bonds is 8. The fourth-order valence-electron chi connectivity index (χ4n) is 2.40. The minimum atomic E-state index is -0.542. The lowest BCUT2D eigenvalue weighted by Gasteiger charge is -2.18. The molecular formula is C19H24N4O2S. The molecule has 2 N–H and O–H groups in total. The molecule has 0 radical (unpaired) electrons. The molecule has 0 aliphatic carbocycles. The second-order valence-corrected chi connectivity index (χ2v) is 6.80. The van der Waals surface area contributed by atoms with Crippen molar-refractivity contribution in [1.29, 1.82) is 0 Å².